The summed E-state index contributed by atoms with van der Waals surface area (Å²) in [6.45, 7) is 3.99. The van der Waals surface area contributed by atoms with Gasteiger partial charge in [0.2, 0.25) is 10.0 Å². The van der Waals surface area contributed by atoms with Crippen LogP contribution in [0.2, 0.25) is 5.02 Å². The second-order valence-corrected chi connectivity index (χ2v) is 8.77. The lowest BCUT2D eigenvalue weighted by Gasteiger charge is -2.32. The molecule has 2 heterocycles. The summed E-state index contributed by atoms with van der Waals surface area (Å²) in [6, 6.07) is 4.62. The van der Waals surface area contributed by atoms with Crippen molar-refractivity contribution in [1.82, 2.24) is 14.8 Å². The molecule has 1 fully saturated rings. The number of ether oxygens (including phenoxy) is 1. The molecule has 0 aliphatic carbocycles. The quantitative estimate of drug-likeness (QED) is 0.786. The lowest BCUT2D eigenvalue weighted by atomic mass is 10.0. The number of nitrogens with one attached hydrogen (secondary N) is 1. The fraction of sp³-hybridized carbons (Fsp3) is 0.444. The first kappa shape index (κ1) is 20.6. The second-order valence-electron chi connectivity index (χ2n) is 6.69. The molecular weight excluding hydrogens is 406 g/mol. The molecule has 0 atom stereocenters. The Morgan fingerprint density at radius 2 is 2.00 bits per heavy atom. The van der Waals surface area contributed by atoms with Crippen molar-refractivity contribution in [3.8, 4) is 5.75 Å². The summed E-state index contributed by atoms with van der Waals surface area (Å²) in [7, 11) is -2.24. The number of amides is 1. The van der Waals surface area contributed by atoms with Gasteiger partial charge in [-0.05, 0) is 44.9 Å². The van der Waals surface area contributed by atoms with Crippen molar-refractivity contribution in [2.75, 3.05) is 20.2 Å². The zero-order chi connectivity index (χ0) is 20.5. The number of nitrogens with zero attached hydrogens (tertiary/aromatic N) is 2. The van der Waals surface area contributed by atoms with Crippen molar-refractivity contribution < 1.29 is 22.5 Å². The van der Waals surface area contributed by atoms with Crippen molar-refractivity contribution in [2.24, 2.45) is 0 Å². The lowest BCUT2D eigenvalue weighted by Crippen LogP contribution is -2.46. The number of benzene rings is 1. The van der Waals surface area contributed by atoms with Gasteiger partial charge in [-0.1, -0.05) is 16.8 Å². The van der Waals surface area contributed by atoms with Crippen molar-refractivity contribution in [3.63, 3.8) is 0 Å². The minimum absolute atomic E-state index is 0.0784. The highest BCUT2D eigenvalue weighted by atomic mass is 35.5. The predicted octanol–water partition coefficient (Wildman–Crippen LogP) is 2.54. The predicted molar refractivity (Wildman–Crippen MR) is 103 cm³/mol. The molecule has 0 unspecified atom stereocenters. The van der Waals surface area contributed by atoms with Crippen molar-refractivity contribution >= 4 is 27.5 Å². The summed E-state index contributed by atoms with van der Waals surface area (Å²) in [5.74, 6) is 0.521. The number of hydrogen-bond donors (Lipinski definition) is 1. The summed E-state index contributed by atoms with van der Waals surface area (Å²) in [5, 5.41) is 4.15. The minimum atomic E-state index is -3.73. The van der Waals surface area contributed by atoms with Crippen molar-refractivity contribution in [3.05, 3.63) is 40.2 Å². The number of aryl methyl sites for hydroxylation is 2. The van der Waals surface area contributed by atoms with Crippen molar-refractivity contribution in [1.29, 1.82) is 0 Å². The van der Waals surface area contributed by atoms with Crippen LogP contribution < -0.4 is 9.46 Å². The molecule has 0 spiro atoms. The van der Waals surface area contributed by atoms with Gasteiger partial charge in [-0.15, -0.1) is 0 Å². The van der Waals surface area contributed by atoms with Crippen molar-refractivity contribution in [2.45, 2.75) is 37.6 Å². The molecule has 10 heteroatoms. The van der Waals surface area contributed by atoms with E-state index in [4.69, 9.17) is 20.9 Å². The monoisotopic (exact) mass is 427 g/mol. The number of carbonyl (C=O) groups excluding carboxylic acids is 1. The van der Waals surface area contributed by atoms with E-state index in [1.807, 2.05) is 0 Å². The molecule has 0 radical (unpaired) electrons. The highest BCUT2D eigenvalue weighted by Gasteiger charge is 2.31. The third kappa shape index (κ3) is 4.16. The summed E-state index contributed by atoms with van der Waals surface area (Å²) >= 11 is 6.01. The van der Waals surface area contributed by atoms with E-state index >= 15 is 0 Å². The number of sulfonamides is 1. The Balaban J connectivity index is 1.67. The molecule has 1 aromatic heterocycles. The molecule has 0 bridgehead atoms. The lowest BCUT2D eigenvalue weighted by molar-refractivity contribution is 0.0708. The van der Waals surface area contributed by atoms with Crippen LogP contribution in [0.5, 0.6) is 5.75 Å². The molecule has 8 nitrogen and oxygen atoms in total. The third-order valence-corrected chi connectivity index (χ3v) is 6.73. The molecule has 0 saturated carbocycles. The number of likely N-dealkylation sites (tertiary alicyclic amines) is 1. The van der Waals surface area contributed by atoms with Crippen LogP contribution in [0.25, 0.3) is 0 Å². The van der Waals surface area contributed by atoms with Gasteiger partial charge in [0, 0.05) is 24.2 Å². The van der Waals surface area contributed by atoms with Gasteiger partial charge >= 0.3 is 0 Å². The van der Waals surface area contributed by atoms with Crippen LogP contribution in [-0.2, 0) is 10.0 Å². The molecule has 152 valence electrons. The maximum atomic E-state index is 12.8. The van der Waals surface area contributed by atoms with Gasteiger partial charge in [0.25, 0.3) is 5.91 Å². The maximum Gasteiger partial charge on any atom is 0.257 e. The average molecular weight is 428 g/mol. The number of rotatable bonds is 5. The second kappa shape index (κ2) is 8.10. The van der Waals surface area contributed by atoms with Gasteiger partial charge in [0.1, 0.15) is 16.3 Å². The van der Waals surface area contributed by atoms with E-state index in [2.05, 4.69) is 9.88 Å². The molecule has 1 aliphatic heterocycles. The maximum absolute atomic E-state index is 12.8. The molecule has 1 amide bonds. The topological polar surface area (TPSA) is 102 Å². The van der Waals surface area contributed by atoms with E-state index in [9.17, 15) is 13.2 Å². The van der Waals surface area contributed by atoms with Crippen LogP contribution in [0.4, 0.5) is 0 Å². The molecule has 2 aromatic rings. The molecule has 28 heavy (non-hydrogen) atoms. The van der Waals surface area contributed by atoms with E-state index in [-0.39, 0.29) is 22.6 Å². The van der Waals surface area contributed by atoms with Crippen LogP contribution in [0, 0.1) is 13.8 Å². The van der Waals surface area contributed by atoms with Crippen LogP contribution in [0.3, 0.4) is 0 Å². The summed E-state index contributed by atoms with van der Waals surface area (Å²) in [4.78, 5) is 14.6. The fourth-order valence-corrected chi connectivity index (χ4v) is 5.16. The fourth-order valence-electron chi connectivity index (χ4n) is 3.35. The smallest absolute Gasteiger partial charge is 0.257 e. The molecule has 1 saturated heterocycles. The summed E-state index contributed by atoms with van der Waals surface area (Å²) in [6.07, 6.45) is 0.994. The Morgan fingerprint density at radius 3 is 2.57 bits per heavy atom. The van der Waals surface area contributed by atoms with E-state index < -0.39 is 10.0 Å². The van der Waals surface area contributed by atoms with Crippen LogP contribution in [0.15, 0.2) is 27.6 Å². The van der Waals surface area contributed by atoms with Crippen LogP contribution >= 0.6 is 11.6 Å². The zero-order valence-corrected chi connectivity index (χ0v) is 17.4. The number of carbonyl (C=O) groups is 1. The highest BCUT2D eigenvalue weighted by Crippen LogP contribution is 2.26. The number of halogens is 1. The first-order chi connectivity index (χ1) is 13.2. The normalized spacial score (nSPS) is 15.6. The van der Waals surface area contributed by atoms with Gasteiger partial charge in [0.05, 0.1) is 12.7 Å². The number of hydrogen-bond acceptors (Lipinski definition) is 6. The van der Waals surface area contributed by atoms with Gasteiger partial charge in [-0.2, -0.15) is 0 Å². The molecular formula is C18H22ClN3O5S. The SMILES string of the molecule is COc1ccc(Cl)cc1C(=O)N1CCC(NS(=O)(=O)c2c(C)noc2C)CC1. The molecule has 1 aromatic carbocycles. The third-order valence-electron chi connectivity index (χ3n) is 4.73. The van der Waals surface area contributed by atoms with Crippen LogP contribution in [-0.4, -0.2) is 50.6 Å². The van der Waals surface area contributed by atoms with Gasteiger partial charge < -0.3 is 14.2 Å². The summed E-state index contributed by atoms with van der Waals surface area (Å²) in [5.41, 5.74) is 0.718. The van der Waals surface area contributed by atoms with Gasteiger partial charge in [0.15, 0.2) is 5.76 Å². The van der Waals surface area contributed by atoms with Gasteiger partial charge in [-0.3, -0.25) is 4.79 Å². The standard InChI is InChI=1S/C18H22ClN3O5S/c1-11-17(12(2)27-20-11)28(24,25)21-14-6-8-22(9-7-14)18(23)15-10-13(19)4-5-16(15)26-3/h4-5,10,14,21H,6-9H2,1-3H3. The minimum Gasteiger partial charge on any atom is -0.496 e. The van der Waals surface area contributed by atoms with E-state index in [0.29, 0.717) is 48.0 Å². The zero-order valence-electron chi connectivity index (χ0n) is 15.9. The van der Waals surface area contributed by atoms with E-state index in [1.54, 1.807) is 36.9 Å². The first-order valence-electron chi connectivity index (χ1n) is 8.81. The average Bonchev–Trinajstić information content (AvgIpc) is 3.00. The van der Waals surface area contributed by atoms with Crippen LogP contribution in [0.1, 0.15) is 34.7 Å². The Morgan fingerprint density at radius 1 is 1.32 bits per heavy atom. The highest BCUT2D eigenvalue weighted by molar-refractivity contribution is 7.89. The summed E-state index contributed by atoms with van der Waals surface area (Å²) < 4.78 is 38.2. The Kier molecular flexibility index (Phi) is 5.97. The van der Waals surface area contributed by atoms with E-state index in [1.165, 1.54) is 7.11 Å². The van der Waals surface area contributed by atoms with E-state index in [0.717, 1.165) is 0 Å². The van der Waals surface area contributed by atoms with Gasteiger partial charge in [-0.25, -0.2) is 13.1 Å². The first-order valence-corrected chi connectivity index (χ1v) is 10.7. The molecule has 1 N–H and O–H groups in total. The largest absolute Gasteiger partial charge is 0.496 e. The Bertz CT molecular complexity index is 962. The number of aromatic nitrogens is 1. The molecule has 3 rings (SSSR count). The molecule has 1 aliphatic rings. The Labute approximate surface area is 168 Å². The number of piperidine rings is 1. The number of methoxy groups -OCH3 is 1. The Hall–Kier alpha value is -2.10.